The number of benzene rings is 2. The summed E-state index contributed by atoms with van der Waals surface area (Å²) in [5.74, 6) is 0.0984. The van der Waals surface area contributed by atoms with Crippen LogP contribution in [-0.4, -0.2) is 57.1 Å². The zero-order valence-electron chi connectivity index (χ0n) is 21.5. The van der Waals surface area contributed by atoms with E-state index in [1.807, 2.05) is 38.1 Å². The van der Waals surface area contributed by atoms with Crippen LogP contribution >= 0.6 is 15.9 Å². The Bertz CT molecular complexity index is 1140. The summed E-state index contributed by atoms with van der Waals surface area (Å²) in [5, 5.41) is 2.95. The van der Waals surface area contributed by atoms with Crippen molar-refractivity contribution in [2.75, 3.05) is 24.2 Å². The highest BCUT2D eigenvalue weighted by molar-refractivity contribution is 9.10. The minimum absolute atomic E-state index is 0.00560. The van der Waals surface area contributed by atoms with E-state index in [0.717, 1.165) is 22.7 Å². The molecule has 0 aliphatic heterocycles. The van der Waals surface area contributed by atoms with Crippen LogP contribution in [0.3, 0.4) is 0 Å². The molecule has 2 atom stereocenters. The zero-order chi connectivity index (χ0) is 26.9. The molecule has 0 unspecified atom stereocenters. The van der Waals surface area contributed by atoms with Crippen LogP contribution in [0.5, 0.6) is 5.75 Å². The molecule has 36 heavy (non-hydrogen) atoms. The van der Waals surface area contributed by atoms with Crippen LogP contribution in [0.15, 0.2) is 53.0 Å². The van der Waals surface area contributed by atoms with Gasteiger partial charge in [-0.15, -0.1) is 0 Å². The van der Waals surface area contributed by atoms with Crippen LogP contribution < -0.4 is 14.4 Å². The number of carbonyl (C=O) groups excluding carboxylic acids is 2. The molecule has 0 aliphatic carbocycles. The fourth-order valence-corrected chi connectivity index (χ4v) is 5.05. The molecule has 2 rings (SSSR count). The minimum atomic E-state index is -3.58. The highest BCUT2D eigenvalue weighted by Gasteiger charge is 2.27. The molecule has 198 valence electrons. The third-order valence-corrected chi connectivity index (χ3v) is 7.59. The van der Waals surface area contributed by atoms with Crippen LogP contribution in [0.4, 0.5) is 5.69 Å². The smallest absolute Gasteiger partial charge is 0.242 e. The Morgan fingerprint density at radius 2 is 1.81 bits per heavy atom. The lowest BCUT2D eigenvalue weighted by atomic mass is 10.1. The monoisotopic (exact) mass is 581 g/mol. The number of methoxy groups -OCH3 is 1. The first-order chi connectivity index (χ1) is 17.0. The third kappa shape index (κ3) is 8.81. The van der Waals surface area contributed by atoms with Gasteiger partial charge < -0.3 is 15.0 Å². The van der Waals surface area contributed by atoms with Gasteiger partial charge in [-0.1, -0.05) is 41.1 Å². The molecule has 10 heteroatoms. The van der Waals surface area contributed by atoms with E-state index < -0.39 is 16.1 Å². The number of ether oxygens (including phenoxy) is 1. The Balaban J connectivity index is 2.18. The molecule has 0 spiro atoms. The lowest BCUT2D eigenvalue weighted by Gasteiger charge is -2.30. The Hall–Kier alpha value is -2.59. The highest BCUT2D eigenvalue weighted by atomic mass is 79.9. The lowest BCUT2D eigenvalue weighted by molar-refractivity contribution is -0.140. The molecular formula is C26H36BrN3O5S. The number of hydrogen-bond donors (Lipinski definition) is 1. The van der Waals surface area contributed by atoms with Gasteiger partial charge in [0.15, 0.2) is 0 Å². The summed E-state index contributed by atoms with van der Waals surface area (Å²) in [6.07, 6.45) is 2.29. The summed E-state index contributed by atoms with van der Waals surface area (Å²) in [6, 6.07) is 13.7. The van der Waals surface area contributed by atoms with Crippen molar-refractivity contribution in [2.24, 2.45) is 0 Å². The van der Waals surface area contributed by atoms with Crippen molar-refractivity contribution in [3.05, 3.63) is 58.6 Å². The molecule has 0 aromatic heterocycles. The van der Waals surface area contributed by atoms with Crippen LogP contribution in [0.1, 0.15) is 45.6 Å². The molecule has 1 N–H and O–H groups in total. The largest absolute Gasteiger partial charge is 0.497 e. The molecule has 0 fully saturated rings. The quantitative estimate of drug-likeness (QED) is 0.379. The second kappa shape index (κ2) is 13.6. The number of hydrogen-bond acceptors (Lipinski definition) is 5. The van der Waals surface area contributed by atoms with E-state index in [1.54, 1.807) is 36.1 Å². The van der Waals surface area contributed by atoms with Crippen molar-refractivity contribution >= 4 is 43.5 Å². The van der Waals surface area contributed by atoms with Gasteiger partial charge in [0.2, 0.25) is 21.8 Å². The number of carbonyl (C=O) groups is 2. The highest BCUT2D eigenvalue weighted by Crippen LogP contribution is 2.24. The summed E-state index contributed by atoms with van der Waals surface area (Å²) in [7, 11) is -2.06. The first kappa shape index (κ1) is 29.6. The zero-order valence-corrected chi connectivity index (χ0v) is 23.9. The first-order valence-electron chi connectivity index (χ1n) is 11.9. The molecule has 2 aromatic carbocycles. The minimum Gasteiger partial charge on any atom is -0.497 e. The summed E-state index contributed by atoms with van der Waals surface area (Å²) in [5.41, 5.74) is 1.35. The normalized spacial score (nSPS) is 12.9. The summed E-state index contributed by atoms with van der Waals surface area (Å²) >= 11 is 3.45. The second-order valence-corrected chi connectivity index (χ2v) is 11.6. The van der Waals surface area contributed by atoms with Gasteiger partial charge in [0, 0.05) is 36.1 Å². The maximum Gasteiger partial charge on any atom is 0.242 e. The molecule has 0 heterocycles. The van der Waals surface area contributed by atoms with Gasteiger partial charge in [0.05, 0.1) is 19.1 Å². The van der Waals surface area contributed by atoms with Crippen molar-refractivity contribution in [3.8, 4) is 5.75 Å². The topological polar surface area (TPSA) is 96.0 Å². The Labute approximate surface area is 223 Å². The predicted molar refractivity (Wildman–Crippen MR) is 146 cm³/mol. The molecule has 2 amide bonds. The van der Waals surface area contributed by atoms with Gasteiger partial charge in [0.25, 0.3) is 0 Å². The average molecular weight is 583 g/mol. The number of nitrogens with zero attached hydrogens (tertiary/aromatic N) is 2. The van der Waals surface area contributed by atoms with E-state index in [9.17, 15) is 18.0 Å². The van der Waals surface area contributed by atoms with Gasteiger partial charge in [-0.05, 0) is 56.5 Å². The number of amides is 2. The fraction of sp³-hybridized carbons (Fsp3) is 0.462. The Morgan fingerprint density at radius 1 is 1.11 bits per heavy atom. The van der Waals surface area contributed by atoms with Gasteiger partial charge in [-0.25, -0.2) is 8.42 Å². The van der Waals surface area contributed by atoms with Gasteiger partial charge >= 0.3 is 0 Å². The number of rotatable bonds is 13. The lowest BCUT2D eigenvalue weighted by Crippen LogP contribution is -2.49. The van der Waals surface area contributed by atoms with E-state index in [0.29, 0.717) is 11.4 Å². The van der Waals surface area contributed by atoms with E-state index in [-0.39, 0.29) is 43.8 Å². The van der Waals surface area contributed by atoms with Crippen molar-refractivity contribution in [2.45, 2.75) is 58.7 Å². The molecule has 0 radical (unpaired) electrons. The Morgan fingerprint density at radius 3 is 2.42 bits per heavy atom. The van der Waals surface area contributed by atoms with E-state index in [4.69, 9.17) is 4.74 Å². The second-order valence-electron chi connectivity index (χ2n) is 8.79. The Kier molecular flexibility index (Phi) is 11.2. The first-order valence-corrected chi connectivity index (χ1v) is 14.6. The van der Waals surface area contributed by atoms with Crippen LogP contribution in [0.2, 0.25) is 0 Å². The van der Waals surface area contributed by atoms with Gasteiger partial charge in [-0.2, -0.15) is 0 Å². The van der Waals surface area contributed by atoms with Crippen molar-refractivity contribution < 1.29 is 22.7 Å². The standard InChI is InChI=1S/C26H36BrN3O5S/c1-6-19(2)28-26(32)20(3)29(18-21-10-7-11-22(27)16-21)25(31)14-9-15-30(36(5,33)34)23-12-8-13-24(17-23)35-4/h7-8,10-13,16-17,19-20H,6,9,14-15,18H2,1-5H3,(H,28,32)/t19-,20-/m1/s1. The predicted octanol–water partition coefficient (Wildman–Crippen LogP) is 4.34. The molecule has 0 bridgehead atoms. The van der Waals surface area contributed by atoms with Gasteiger partial charge in [-0.3, -0.25) is 13.9 Å². The molecule has 2 aromatic rings. The SMILES string of the molecule is CC[C@@H](C)NC(=O)[C@@H](C)N(Cc1cccc(Br)c1)C(=O)CCCN(c1cccc(OC)c1)S(C)(=O)=O. The van der Waals surface area contributed by atoms with Crippen molar-refractivity contribution in [3.63, 3.8) is 0 Å². The number of nitrogens with one attached hydrogen (secondary N) is 1. The van der Waals surface area contributed by atoms with Crippen molar-refractivity contribution in [1.82, 2.24) is 10.2 Å². The molecule has 0 saturated heterocycles. The molecule has 8 nitrogen and oxygen atoms in total. The summed E-state index contributed by atoms with van der Waals surface area (Å²) in [6.45, 7) is 6.00. The van der Waals surface area contributed by atoms with Crippen LogP contribution in [0, 0.1) is 0 Å². The van der Waals surface area contributed by atoms with Crippen molar-refractivity contribution in [1.29, 1.82) is 0 Å². The fourth-order valence-electron chi connectivity index (χ4n) is 3.65. The number of halogens is 1. The summed E-state index contributed by atoms with van der Waals surface area (Å²) < 4.78 is 32.3. The van der Waals surface area contributed by atoms with Gasteiger partial charge in [0.1, 0.15) is 11.8 Å². The van der Waals surface area contributed by atoms with E-state index in [2.05, 4.69) is 21.2 Å². The summed E-state index contributed by atoms with van der Waals surface area (Å²) in [4.78, 5) is 27.8. The number of sulfonamides is 1. The third-order valence-electron chi connectivity index (χ3n) is 5.90. The van der Waals surface area contributed by atoms with Crippen LogP contribution in [-0.2, 0) is 26.2 Å². The maximum atomic E-state index is 13.3. The molecule has 0 aliphatic rings. The maximum absolute atomic E-state index is 13.3. The average Bonchev–Trinajstić information content (AvgIpc) is 2.83. The van der Waals surface area contributed by atoms with Crippen LogP contribution in [0.25, 0.3) is 0 Å². The number of anilines is 1. The molecular weight excluding hydrogens is 546 g/mol. The molecule has 0 saturated carbocycles. The van der Waals surface area contributed by atoms with E-state index in [1.165, 1.54) is 11.4 Å². The van der Waals surface area contributed by atoms with E-state index >= 15 is 0 Å².